The second-order valence-corrected chi connectivity index (χ2v) is 6.87. The zero-order valence-corrected chi connectivity index (χ0v) is 26.3. The van der Waals surface area contributed by atoms with Crippen molar-refractivity contribution in [3.8, 4) is 0 Å². The van der Waals surface area contributed by atoms with Gasteiger partial charge in [0.05, 0.1) is 0 Å². The first-order valence-electron chi connectivity index (χ1n) is 14.5. The van der Waals surface area contributed by atoms with Crippen molar-refractivity contribution >= 4 is 12.1 Å². The molecule has 6 heteroatoms. The van der Waals surface area contributed by atoms with Crippen LogP contribution in [0.3, 0.4) is 0 Å². The zero-order chi connectivity index (χ0) is 28.3. The molecule has 6 nitrogen and oxygen atoms in total. The second kappa shape index (κ2) is 31.5. The predicted octanol–water partition coefficient (Wildman–Crippen LogP) is 8.81. The summed E-state index contributed by atoms with van der Waals surface area (Å²) in [4.78, 5) is 28.9. The summed E-state index contributed by atoms with van der Waals surface area (Å²) in [6.07, 6.45) is 4.97. The Hall–Kier alpha value is -1.46. The van der Waals surface area contributed by atoms with Crippen LogP contribution in [0, 0.1) is 5.92 Å². The van der Waals surface area contributed by atoms with Crippen molar-refractivity contribution < 1.29 is 9.59 Å². The molecule has 2 aliphatic heterocycles. The van der Waals surface area contributed by atoms with E-state index >= 15 is 0 Å². The van der Waals surface area contributed by atoms with Gasteiger partial charge in [0.25, 0.3) is 0 Å². The number of urea groups is 2. The third-order valence-electron chi connectivity index (χ3n) is 5.20. The lowest BCUT2D eigenvalue weighted by atomic mass is 10.1. The highest BCUT2D eigenvalue weighted by Crippen LogP contribution is 2.28. The lowest BCUT2D eigenvalue weighted by Crippen LogP contribution is -2.46. The monoisotopic (exact) mass is 491 g/mol. The summed E-state index contributed by atoms with van der Waals surface area (Å²) in [5, 5.41) is 2.86. The summed E-state index contributed by atoms with van der Waals surface area (Å²) < 4.78 is 0. The molecule has 210 valence electrons. The number of hydrogen-bond acceptors (Lipinski definition) is 2. The van der Waals surface area contributed by atoms with E-state index in [0.717, 1.165) is 5.92 Å². The van der Waals surface area contributed by atoms with Crippen molar-refractivity contribution in [3.05, 3.63) is 0 Å². The summed E-state index contributed by atoms with van der Waals surface area (Å²) in [6, 6.07) is -0.0691. The molecule has 4 amide bonds. The third kappa shape index (κ3) is 15.4. The first-order valence-corrected chi connectivity index (χ1v) is 14.5. The Kier molecular flexibility index (Phi) is 39.6. The van der Waals surface area contributed by atoms with Gasteiger partial charge >= 0.3 is 12.1 Å². The number of amides is 4. The summed E-state index contributed by atoms with van der Waals surface area (Å²) in [7, 11) is 0. The lowest BCUT2D eigenvalue weighted by molar-refractivity contribution is 0.136. The number of unbranched alkanes of at least 4 members (excludes halogenated alkanes) is 1. The number of rotatable bonds is 6. The second-order valence-electron chi connectivity index (χ2n) is 6.87. The Morgan fingerprint density at radius 3 is 1.24 bits per heavy atom. The molecule has 2 atom stereocenters. The van der Waals surface area contributed by atoms with E-state index in [1.807, 2.05) is 76.2 Å². The molecule has 2 aliphatic rings. The topological polar surface area (TPSA) is 55.9 Å². The highest BCUT2D eigenvalue weighted by Gasteiger charge is 2.53. The summed E-state index contributed by atoms with van der Waals surface area (Å²) >= 11 is 0. The number of nitrogens with one attached hydrogen (secondary N) is 1. The molecule has 0 bridgehead atoms. The Morgan fingerprint density at radius 2 is 1.00 bits per heavy atom. The molecule has 2 fully saturated rings. The molecular weight excluding hydrogens is 424 g/mol. The normalized spacial score (nSPS) is 16.9. The van der Waals surface area contributed by atoms with Crippen molar-refractivity contribution in [1.29, 1.82) is 0 Å². The minimum atomic E-state index is -0.190. The van der Waals surface area contributed by atoms with Crippen LogP contribution in [0.2, 0.25) is 0 Å². The maximum absolute atomic E-state index is 12.0. The largest absolute Gasteiger partial charge is 0.323 e. The molecule has 1 N–H and O–H groups in total. The molecule has 2 heterocycles. The van der Waals surface area contributed by atoms with E-state index in [4.69, 9.17) is 0 Å². The highest BCUT2D eigenvalue weighted by atomic mass is 16.2. The van der Waals surface area contributed by atoms with Gasteiger partial charge in [-0.25, -0.2) is 9.59 Å². The molecule has 0 saturated carbocycles. The molecule has 0 aliphatic carbocycles. The molecule has 2 rings (SSSR count). The SMILES string of the molecule is CC.CC.CC.CC.CCC(C)CC.CCCC.CCN1C(=O)N(CC)C2C1NC(=O)N2CC. The van der Waals surface area contributed by atoms with Gasteiger partial charge in [0.2, 0.25) is 0 Å². The third-order valence-corrected chi connectivity index (χ3v) is 5.20. The van der Waals surface area contributed by atoms with Crippen LogP contribution in [0.1, 0.15) is 136 Å². The Morgan fingerprint density at radius 1 is 0.647 bits per heavy atom. The van der Waals surface area contributed by atoms with E-state index in [1.165, 1.54) is 25.7 Å². The van der Waals surface area contributed by atoms with Crippen molar-refractivity contribution in [2.45, 2.75) is 149 Å². The minimum Gasteiger partial charge on any atom is -0.314 e. The fraction of sp³-hybridized carbons (Fsp3) is 0.929. The average Bonchev–Trinajstić information content (AvgIpc) is 3.38. The van der Waals surface area contributed by atoms with Crippen LogP contribution in [-0.4, -0.2) is 58.7 Å². The van der Waals surface area contributed by atoms with E-state index in [2.05, 4.69) is 39.9 Å². The van der Waals surface area contributed by atoms with Gasteiger partial charge in [0.1, 0.15) is 12.3 Å². The lowest BCUT2D eigenvalue weighted by Gasteiger charge is -2.27. The first kappa shape index (κ1) is 42.7. The molecule has 0 aromatic carbocycles. The van der Waals surface area contributed by atoms with Gasteiger partial charge in [-0.2, -0.15) is 0 Å². The number of hydrogen-bond donors (Lipinski definition) is 1. The Bertz CT molecular complexity index is 411. The Labute approximate surface area is 216 Å². The first-order chi connectivity index (χ1) is 16.4. The molecular formula is C28H66N4O2. The van der Waals surface area contributed by atoms with Gasteiger partial charge in [-0.1, -0.05) is 116 Å². The maximum Gasteiger partial charge on any atom is 0.323 e. The maximum atomic E-state index is 12.0. The molecule has 0 spiro atoms. The molecule has 0 radical (unpaired) electrons. The number of likely N-dealkylation sites (N-methyl/N-ethyl adjacent to an activating group) is 3. The fourth-order valence-corrected chi connectivity index (χ4v) is 2.82. The van der Waals surface area contributed by atoms with Gasteiger partial charge in [0, 0.05) is 19.6 Å². The van der Waals surface area contributed by atoms with Crippen molar-refractivity contribution in [2.24, 2.45) is 5.92 Å². The van der Waals surface area contributed by atoms with E-state index in [1.54, 1.807) is 14.7 Å². The molecule has 0 aromatic rings. The van der Waals surface area contributed by atoms with Crippen LogP contribution >= 0.6 is 0 Å². The average molecular weight is 491 g/mol. The van der Waals surface area contributed by atoms with Gasteiger partial charge in [0.15, 0.2) is 0 Å². The number of fused-ring (bicyclic) bond motifs is 1. The molecule has 0 aromatic heterocycles. The predicted molar refractivity (Wildman–Crippen MR) is 154 cm³/mol. The molecule has 2 unspecified atom stereocenters. The summed E-state index contributed by atoms with van der Waals surface area (Å²) in [5.74, 6) is 0.935. The highest BCUT2D eigenvalue weighted by molar-refractivity contribution is 5.85. The quantitative estimate of drug-likeness (QED) is 0.404. The summed E-state index contributed by atoms with van der Waals surface area (Å²) in [6.45, 7) is 34.8. The molecule has 34 heavy (non-hydrogen) atoms. The van der Waals surface area contributed by atoms with E-state index < -0.39 is 0 Å². The smallest absolute Gasteiger partial charge is 0.314 e. The van der Waals surface area contributed by atoms with Crippen LogP contribution in [0.5, 0.6) is 0 Å². The van der Waals surface area contributed by atoms with Crippen LogP contribution in [0.15, 0.2) is 0 Å². The van der Waals surface area contributed by atoms with Crippen LogP contribution < -0.4 is 5.32 Å². The van der Waals surface area contributed by atoms with Gasteiger partial charge in [-0.15, -0.1) is 0 Å². The Balaban J connectivity index is -0.000000130. The number of nitrogens with zero attached hydrogens (tertiary/aromatic N) is 3. The van der Waals surface area contributed by atoms with Crippen molar-refractivity contribution in [1.82, 2.24) is 20.0 Å². The molecule has 2 saturated heterocycles. The zero-order valence-electron chi connectivity index (χ0n) is 26.3. The fourth-order valence-electron chi connectivity index (χ4n) is 2.82. The van der Waals surface area contributed by atoms with Crippen LogP contribution in [0.25, 0.3) is 0 Å². The van der Waals surface area contributed by atoms with E-state index in [9.17, 15) is 9.59 Å². The number of carbonyl (C=O) groups is 2. The standard InChI is InChI=1S/C10H18N4O2.C6H14.C4H10.4C2H6/c1-4-12-7-8(14(6-3)10(12)16)13(5-2)9(15)11-7;1-4-6(3)5-2;1-3-4-2;4*1-2/h7-8H,4-6H2,1-3H3,(H,11,15);6H,4-5H2,1-3H3;3-4H2,1-2H3;4*1-2H3. The van der Waals surface area contributed by atoms with Crippen LogP contribution in [0.4, 0.5) is 9.59 Å². The van der Waals surface area contributed by atoms with Crippen molar-refractivity contribution in [2.75, 3.05) is 19.6 Å². The summed E-state index contributed by atoms with van der Waals surface area (Å²) in [5.41, 5.74) is 0. The van der Waals surface area contributed by atoms with Gasteiger partial charge < -0.3 is 20.0 Å². The van der Waals surface area contributed by atoms with Crippen LogP contribution in [-0.2, 0) is 0 Å². The van der Waals surface area contributed by atoms with Gasteiger partial charge in [-0.05, 0) is 26.7 Å². The van der Waals surface area contributed by atoms with E-state index in [-0.39, 0.29) is 24.4 Å². The minimum absolute atomic E-state index is 0.0125. The van der Waals surface area contributed by atoms with Crippen molar-refractivity contribution in [3.63, 3.8) is 0 Å². The van der Waals surface area contributed by atoms with Gasteiger partial charge in [-0.3, -0.25) is 0 Å². The van der Waals surface area contributed by atoms with E-state index in [0.29, 0.717) is 19.6 Å². The number of carbonyl (C=O) groups excluding carboxylic acids is 2.